The van der Waals surface area contributed by atoms with Crippen molar-refractivity contribution in [2.24, 2.45) is 0 Å². The molecule has 6 nitrogen and oxygen atoms in total. The fourth-order valence-corrected chi connectivity index (χ4v) is 4.06. The predicted octanol–water partition coefficient (Wildman–Crippen LogP) is 3.31. The maximum absolute atomic E-state index is 11.6. The summed E-state index contributed by atoms with van der Waals surface area (Å²) in [5.41, 5.74) is 1.62. The van der Waals surface area contributed by atoms with Gasteiger partial charge in [0.15, 0.2) is 5.82 Å². The molecular weight excluding hydrogens is 374 g/mol. The first-order chi connectivity index (χ1) is 13.5. The second-order valence-electron chi connectivity index (χ2n) is 6.66. The molecule has 3 rings (SSSR count). The van der Waals surface area contributed by atoms with Crippen molar-refractivity contribution >= 4 is 27.5 Å². The van der Waals surface area contributed by atoms with Crippen LogP contribution >= 0.6 is 11.3 Å². The summed E-state index contributed by atoms with van der Waals surface area (Å²) in [6.45, 7) is 11.3. The predicted molar refractivity (Wildman–Crippen MR) is 110 cm³/mol. The number of nitrogens with zero attached hydrogens (tertiary/aromatic N) is 2. The maximum Gasteiger partial charge on any atom is 0.337 e. The van der Waals surface area contributed by atoms with Crippen LogP contribution in [0, 0.1) is 13.8 Å². The van der Waals surface area contributed by atoms with Crippen molar-refractivity contribution in [1.29, 1.82) is 0 Å². The van der Waals surface area contributed by atoms with Crippen molar-refractivity contribution in [3.8, 4) is 11.6 Å². The summed E-state index contributed by atoms with van der Waals surface area (Å²) in [4.78, 5) is 24.7. The molecule has 0 spiro atoms. The second-order valence-corrected chi connectivity index (χ2v) is 7.86. The van der Waals surface area contributed by atoms with E-state index in [-0.39, 0.29) is 5.97 Å². The average molecular weight is 401 g/mol. The third-order valence-electron chi connectivity index (χ3n) is 4.94. The molecule has 3 aromatic rings. The zero-order chi connectivity index (χ0) is 20.3. The monoisotopic (exact) mass is 400 g/mol. The number of aryl methyl sites for hydroxylation is 2. The molecule has 2 aromatic heterocycles. The molecule has 0 amide bonds. The van der Waals surface area contributed by atoms with E-state index in [2.05, 4.69) is 27.7 Å². The van der Waals surface area contributed by atoms with Crippen LogP contribution < -0.4 is 9.64 Å². The number of hydrogen-bond acceptors (Lipinski definition) is 6. The smallest absolute Gasteiger partial charge is 0.337 e. The highest BCUT2D eigenvalue weighted by atomic mass is 32.1. The average Bonchev–Trinajstić information content (AvgIpc) is 2.99. The van der Waals surface area contributed by atoms with Gasteiger partial charge in [0.2, 0.25) is 5.88 Å². The summed E-state index contributed by atoms with van der Waals surface area (Å²) in [6.07, 6.45) is 0. The normalized spacial score (nSPS) is 11.2. The number of thiophene rings is 1. The van der Waals surface area contributed by atoms with Gasteiger partial charge in [0, 0.05) is 4.88 Å². The molecule has 7 heteroatoms. The molecular formula is C21H26N3O3S+. The summed E-state index contributed by atoms with van der Waals surface area (Å²) < 4.78 is 10.9. The van der Waals surface area contributed by atoms with Crippen LogP contribution in [0.15, 0.2) is 24.3 Å². The molecule has 0 atom stereocenters. The number of ether oxygens (including phenoxy) is 2. The minimum Gasteiger partial charge on any atom is -0.465 e. The number of carbonyl (C=O) groups excluding carboxylic acids is 1. The molecule has 0 fully saturated rings. The van der Waals surface area contributed by atoms with Crippen molar-refractivity contribution in [2.45, 2.75) is 34.2 Å². The summed E-state index contributed by atoms with van der Waals surface area (Å²) in [6, 6.07) is 6.88. The topological polar surface area (TPSA) is 65.8 Å². The Kier molecular flexibility index (Phi) is 6.26. The van der Waals surface area contributed by atoms with E-state index in [1.165, 1.54) is 16.9 Å². The van der Waals surface area contributed by atoms with Gasteiger partial charge >= 0.3 is 5.97 Å². The van der Waals surface area contributed by atoms with E-state index in [0.717, 1.165) is 41.2 Å². The molecule has 148 valence electrons. The van der Waals surface area contributed by atoms with Crippen LogP contribution in [0.2, 0.25) is 0 Å². The number of hydrogen-bond donors (Lipinski definition) is 1. The number of nitrogens with one attached hydrogen (secondary N) is 1. The number of aromatic nitrogens is 2. The van der Waals surface area contributed by atoms with Crippen molar-refractivity contribution < 1.29 is 19.2 Å². The number of carbonyl (C=O) groups is 1. The second kappa shape index (κ2) is 8.67. The number of rotatable bonds is 7. The zero-order valence-corrected chi connectivity index (χ0v) is 17.8. The Bertz CT molecular complexity index is 979. The Morgan fingerprint density at radius 1 is 1.11 bits per heavy atom. The van der Waals surface area contributed by atoms with E-state index in [4.69, 9.17) is 19.4 Å². The summed E-state index contributed by atoms with van der Waals surface area (Å²) >= 11 is 1.67. The van der Waals surface area contributed by atoms with Crippen LogP contribution in [-0.4, -0.2) is 36.1 Å². The Hall–Kier alpha value is -2.51. The van der Waals surface area contributed by atoms with E-state index in [1.807, 2.05) is 0 Å². The van der Waals surface area contributed by atoms with Crippen LogP contribution in [0.3, 0.4) is 0 Å². The molecule has 0 radical (unpaired) electrons. The van der Waals surface area contributed by atoms with Gasteiger partial charge in [-0.25, -0.2) is 9.78 Å². The zero-order valence-electron chi connectivity index (χ0n) is 17.0. The highest BCUT2D eigenvalue weighted by Crippen LogP contribution is 2.36. The molecule has 0 bridgehead atoms. The van der Waals surface area contributed by atoms with Crippen molar-refractivity contribution in [1.82, 2.24) is 9.97 Å². The number of methoxy groups -OCH3 is 1. The van der Waals surface area contributed by atoms with Gasteiger partial charge in [-0.1, -0.05) is 0 Å². The lowest BCUT2D eigenvalue weighted by molar-refractivity contribution is -0.910. The van der Waals surface area contributed by atoms with Gasteiger partial charge in [-0.3, -0.25) is 0 Å². The molecule has 0 saturated heterocycles. The van der Waals surface area contributed by atoms with Gasteiger partial charge in [-0.05, 0) is 57.5 Å². The quantitative estimate of drug-likeness (QED) is 0.617. The van der Waals surface area contributed by atoms with Crippen LogP contribution in [0.4, 0.5) is 0 Å². The van der Waals surface area contributed by atoms with Gasteiger partial charge in [0.05, 0.1) is 31.1 Å². The molecule has 0 saturated carbocycles. The molecule has 1 N–H and O–H groups in total. The van der Waals surface area contributed by atoms with Crippen LogP contribution in [0.5, 0.6) is 11.6 Å². The Balaban J connectivity index is 1.99. The van der Waals surface area contributed by atoms with Gasteiger partial charge in [-0.2, -0.15) is 4.98 Å². The SMILES string of the molecule is CC[NH+](CC)Cc1nc(Oc2ccc(C(=O)OC)cc2)c2c(C)c(C)sc2n1. The van der Waals surface area contributed by atoms with Crippen molar-refractivity contribution in [3.63, 3.8) is 0 Å². The first kappa shape index (κ1) is 20.2. The van der Waals surface area contributed by atoms with Crippen molar-refractivity contribution in [3.05, 3.63) is 46.1 Å². The summed E-state index contributed by atoms with van der Waals surface area (Å²) in [5.74, 6) is 1.61. The minimum absolute atomic E-state index is 0.371. The highest BCUT2D eigenvalue weighted by Gasteiger charge is 2.18. The first-order valence-electron chi connectivity index (χ1n) is 9.43. The van der Waals surface area contributed by atoms with Gasteiger partial charge in [0.1, 0.15) is 17.1 Å². The Morgan fingerprint density at radius 2 is 1.79 bits per heavy atom. The van der Waals surface area contributed by atoms with Crippen LogP contribution in [0.1, 0.15) is 40.5 Å². The Morgan fingerprint density at radius 3 is 2.39 bits per heavy atom. The third-order valence-corrected chi connectivity index (χ3v) is 6.04. The van der Waals surface area contributed by atoms with Gasteiger partial charge in [-0.15, -0.1) is 11.3 Å². The molecule has 0 aliphatic rings. The van der Waals surface area contributed by atoms with Crippen LogP contribution in [-0.2, 0) is 11.3 Å². The maximum atomic E-state index is 11.6. The number of benzene rings is 1. The molecule has 0 aliphatic heterocycles. The first-order valence-corrected chi connectivity index (χ1v) is 10.2. The fraction of sp³-hybridized carbons (Fsp3) is 0.381. The van der Waals surface area contributed by atoms with Gasteiger partial charge in [0.25, 0.3) is 0 Å². The number of esters is 1. The standard InChI is InChI=1S/C21H25N3O3S/c1-6-24(7-2)12-17-22-19(18-13(3)14(4)28-20(18)23-17)27-16-10-8-15(9-11-16)21(25)26-5/h8-11H,6-7,12H2,1-5H3/p+1. The molecule has 0 aliphatic carbocycles. The summed E-state index contributed by atoms with van der Waals surface area (Å²) in [7, 11) is 1.37. The molecule has 1 aromatic carbocycles. The Labute approximate surface area is 169 Å². The van der Waals surface area contributed by atoms with E-state index < -0.39 is 0 Å². The molecule has 2 heterocycles. The number of quaternary nitrogens is 1. The van der Waals surface area contributed by atoms with E-state index >= 15 is 0 Å². The van der Waals surface area contributed by atoms with E-state index in [9.17, 15) is 4.79 Å². The third kappa shape index (κ3) is 4.15. The largest absolute Gasteiger partial charge is 0.465 e. The van der Waals surface area contributed by atoms with Crippen molar-refractivity contribution in [2.75, 3.05) is 20.2 Å². The van der Waals surface area contributed by atoms with E-state index in [1.54, 1.807) is 35.6 Å². The summed E-state index contributed by atoms with van der Waals surface area (Å²) in [5, 5.41) is 0.956. The highest BCUT2D eigenvalue weighted by molar-refractivity contribution is 7.18. The fourth-order valence-electron chi connectivity index (χ4n) is 3.02. The lowest BCUT2D eigenvalue weighted by Crippen LogP contribution is -3.10. The number of fused-ring (bicyclic) bond motifs is 1. The van der Waals surface area contributed by atoms with Gasteiger partial charge < -0.3 is 14.4 Å². The minimum atomic E-state index is -0.371. The lowest BCUT2D eigenvalue weighted by Gasteiger charge is -2.15. The van der Waals surface area contributed by atoms with Crippen LogP contribution in [0.25, 0.3) is 10.2 Å². The molecule has 28 heavy (non-hydrogen) atoms. The lowest BCUT2D eigenvalue weighted by atomic mass is 10.2. The molecule has 0 unspecified atom stereocenters. The van der Waals surface area contributed by atoms with E-state index in [0.29, 0.717) is 17.2 Å².